The molecule has 0 aromatic heterocycles. The van der Waals surface area contributed by atoms with E-state index in [1.54, 1.807) is 0 Å². The van der Waals surface area contributed by atoms with Crippen molar-refractivity contribution in [2.75, 3.05) is 26.4 Å². The molecule has 0 aromatic rings. The van der Waals surface area contributed by atoms with E-state index in [0.29, 0.717) is 0 Å². The number of esters is 4. The van der Waals surface area contributed by atoms with Crippen LogP contribution in [0.2, 0.25) is 0 Å². The maximum absolute atomic E-state index is 13.2. The molecule has 0 atom stereocenters. The number of rotatable bonds is 10. The smallest absolute Gasteiger partial charge is 0.337 e. The minimum Gasteiger partial charge on any atom is -0.465 e. The highest BCUT2D eigenvalue weighted by molar-refractivity contribution is 6.17. The lowest BCUT2D eigenvalue weighted by Crippen LogP contribution is -2.62. The molecule has 0 fully saturated rings. The van der Waals surface area contributed by atoms with Crippen LogP contribution in [0.25, 0.3) is 0 Å². The zero-order valence-corrected chi connectivity index (χ0v) is 17.8. The molecule has 0 heterocycles. The fourth-order valence-corrected chi connectivity index (χ4v) is 2.70. The molecule has 160 valence electrons. The van der Waals surface area contributed by atoms with E-state index in [9.17, 15) is 19.2 Å². The second-order valence-corrected chi connectivity index (χ2v) is 5.52. The number of hydrogen-bond acceptors (Lipinski definition) is 8. The minimum absolute atomic E-state index is 0.124. The summed E-state index contributed by atoms with van der Waals surface area (Å²) < 4.78 is 20.3. The van der Waals surface area contributed by atoms with Gasteiger partial charge in [-0.25, -0.2) is 9.59 Å². The molecule has 8 nitrogen and oxygen atoms in total. The molecule has 0 radical (unpaired) electrons. The van der Waals surface area contributed by atoms with Gasteiger partial charge in [-0.3, -0.25) is 9.59 Å². The van der Waals surface area contributed by atoms with E-state index in [1.807, 2.05) is 0 Å². The Hall–Kier alpha value is -3.00. The van der Waals surface area contributed by atoms with Crippen molar-refractivity contribution in [3.05, 3.63) is 0 Å². The molecule has 8 heteroatoms. The molecule has 0 aliphatic heterocycles. The van der Waals surface area contributed by atoms with E-state index in [1.165, 1.54) is 41.5 Å². The van der Waals surface area contributed by atoms with E-state index < -0.39 is 41.1 Å². The van der Waals surface area contributed by atoms with E-state index in [2.05, 4.69) is 23.7 Å². The van der Waals surface area contributed by atoms with Crippen LogP contribution >= 0.6 is 0 Å². The Morgan fingerprint density at radius 1 is 0.655 bits per heavy atom. The van der Waals surface area contributed by atoms with E-state index >= 15 is 0 Å². The van der Waals surface area contributed by atoms with Crippen molar-refractivity contribution in [1.82, 2.24) is 0 Å². The van der Waals surface area contributed by atoms with Crippen molar-refractivity contribution in [3.8, 4) is 23.7 Å². The molecular weight excluding hydrogens is 380 g/mol. The summed E-state index contributed by atoms with van der Waals surface area (Å²) >= 11 is 0. The molecule has 0 saturated heterocycles. The van der Waals surface area contributed by atoms with Crippen LogP contribution in [0.4, 0.5) is 0 Å². The number of hydrogen-bond donors (Lipinski definition) is 0. The third kappa shape index (κ3) is 5.08. The molecule has 29 heavy (non-hydrogen) atoms. The highest BCUT2D eigenvalue weighted by atomic mass is 16.6. The summed E-state index contributed by atoms with van der Waals surface area (Å²) in [7, 11) is 0. The molecule has 0 aliphatic carbocycles. The highest BCUT2D eigenvalue weighted by Gasteiger charge is 2.73. The van der Waals surface area contributed by atoms with E-state index in [4.69, 9.17) is 18.9 Å². The fourth-order valence-electron chi connectivity index (χ4n) is 2.70. The van der Waals surface area contributed by atoms with E-state index in [-0.39, 0.29) is 26.4 Å². The van der Waals surface area contributed by atoms with Crippen LogP contribution in [0.3, 0.4) is 0 Å². The van der Waals surface area contributed by atoms with Gasteiger partial charge in [0.25, 0.3) is 5.41 Å². The Balaban J connectivity index is 7.42. The van der Waals surface area contributed by atoms with E-state index in [0.717, 1.165) is 0 Å². The fraction of sp³-hybridized carbons (Fsp3) is 0.619. The van der Waals surface area contributed by atoms with Gasteiger partial charge in [-0.2, -0.15) is 0 Å². The van der Waals surface area contributed by atoms with Crippen LogP contribution in [-0.2, 0) is 38.1 Å². The van der Waals surface area contributed by atoms with Crippen LogP contribution in [-0.4, -0.2) is 50.3 Å². The van der Waals surface area contributed by atoms with Crippen molar-refractivity contribution in [2.24, 2.45) is 10.8 Å². The van der Waals surface area contributed by atoms with Gasteiger partial charge in [-0.1, -0.05) is 5.92 Å². The largest absolute Gasteiger partial charge is 0.465 e. The Bertz CT molecular complexity index is 693. The van der Waals surface area contributed by atoms with Gasteiger partial charge in [-0.05, 0) is 41.5 Å². The maximum Gasteiger partial charge on any atom is 0.337 e. The summed E-state index contributed by atoms with van der Waals surface area (Å²) in [5, 5.41) is 0. The lowest BCUT2D eigenvalue weighted by Gasteiger charge is -2.38. The Morgan fingerprint density at radius 2 is 1.03 bits per heavy atom. The van der Waals surface area contributed by atoms with Crippen LogP contribution < -0.4 is 0 Å². The van der Waals surface area contributed by atoms with Gasteiger partial charge in [0.15, 0.2) is 0 Å². The second kappa shape index (κ2) is 12.5. The van der Waals surface area contributed by atoms with Gasteiger partial charge in [0.05, 0.1) is 26.4 Å². The summed E-state index contributed by atoms with van der Waals surface area (Å²) in [4.78, 5) is 52.5. The normalized spacial score (nSPS) is 10.4. The predicted molar refractivity (Wildman–Crippen MR) is 103 cm³/mol. The summed E-state index contributed by atoms with van der Waals surface area (Å²) in [5.41, 5.74) is -5.19. The van der Waals surface area contributed by atoms with Gasteiger partial charge in [0.2, 0.25) is 5.41 Å². The first-order valence-electron chi connectivity index (χ1n) is 9.32. The third-order valence-electron chi connectivity index (χ3n) is 3.89. The van der Waals surface area contributed by atoms with Crippen LogP contribution in [0.1, 0.15) is 48.0 Å². The van der Waals surface area contributed by atoms with Gasteiger partial charge in [0, 0.05) is 6.42 Å². The first-order valence-corrected chi connectivity index (χ1v) is 9.32. The number of carbonyl (C=O) groups is 4. The van der Waals surface area contributed by atoms with Crippen molar-refractivity contribution in [3.63, 3.8) is 0 Å². The Kier molecular flexibility index (Phi) is 11.2. The molecular formula is C21H28O8. The lowest BCUT2D eigenvalue weighted by molar-refractivity contribution is -0.197. The molecule has 0 saturated carbocycles. The zero-order chi connectivity index (χ0) is 22.5. The molecule has 0 rings (SSSR count). The molecule has 0 spiro atoms. The summed E-state index contributed by atoms with van der Waals surface area (Å²) in [5.74, 6) is 5.23. The Labute approximate surface area is 171 Å². The van der Waals surface area contributed by atoms with Crippen LogP contribution in [0, 0.1) is 34.5 Å². The van der Waals surface area contributed by atoms with Gasteiger partial charge in [0.1, 0.15) is 0 Å². The predicted octanol–water partition coefficient (Wildman–Crippen LogP) is 1.65. The van der Waals surface area contributed by atoms with Crippen molar-refractivity contribution in [2.45, 2.75) is 48.0 Å². The first kappa shape index (κ1) is 26.0. The topological polar surface area (TPSA) is 105 Å². The molecule has 0 aliphatic rings. The average Bonchev–Trinajstić information content (AvgIpc) is 2.68. The molecule has 0 bridgehead atoms. The van der Waals surface area contributed by atoms with Gasteiger partial charge >= 0.3 is 23.9 Å². The van der Waals surface area contributed by atoms with Gasteiger partial charge in [-0.15, -0.1) is 17.8 Å². The quantitative estimate of drug-likeness (QED) is 0.233. The molecule has 0 unspecified atom stereocenters. The van der Waals surface area contributed by atoms with Crippen LogP contribution in [0.15, 0.2) is 0 Å². The van der Waals surface area contributed by atoms with Crippen molar-refractivity contribution < 1.29 is 38.1 Å². The highest BCUT2D eigenvalue weighted by Crippen LogP contribution is 2.47. The zero-order valence-electron chi connectivity index (χ0n) is 17.8. The average molecular weight is 408 g/mol. The first-order chi connectivity index (χ1) is 13.8. The standard InChI is InChI=1S/C21H28O8/c1-7-13-15-21(18(24)28-11-5,19(25)29-12-6)20(14-8-2,16(22)26-9-3)17(23)27-10-4/h9-12,15H2,1-6H3. The SMILES string of the molecule is CC#CCC(C(=O)OCC)(C(=O)OCC)C(C#CC)(C(=O)OCC)C(=O)OCC. The number of carbonyl (C=O) groups excluding carboxylic acids is 4. The second-order valence-electron chi connectivity index (χ2n) is 5.52. The molecule has 0 aromatic carbocycles. The molecule has 0 N–H and O–H groups in total. The summed E-state index contributed by atoms with van der Waals surface area (Å²) in [6.45, 7) is 8.36. The number of ether oxygens (including phenoxy) is 4. The Morgan fingerprint density at radius 3 is 1.34 bits per heavy atom. The van der Waals surface area contributed by atoms with Crippen molar-refractivity contribution >= 4 is 23.9 Å². The lowest BCUT2D eigenvalue weighted by atomic mass is 9.61. The third-order valence-corrected chi connectivity index (χ3v) is 3.89. The van der Waals surface area contributed by atoms with Gasteiger partial charge < -0.3 is 18.9 Å². The summed E-state index contributed by atoms with van der Waals surface area (Å²) in [6.07, 6.45) is -0.562. The maximum atomic E-state index is 13.2. The summed E-state index contributed by atoms with van der Waals surface area (Å²) in [6, 6.07) is 0. The minimum atomic E-state index is -2.66. The van der Waals surface area contributed by atoms with Crippen molar-refractivity contribution in [1.29, 1.82) is 0 Å². The molecule has 0 amide bonds. The van der Waals surface area contributed by atoms with Crippen LogP contribution in [0.5, 0.6) is 0 Å². The monoisotopic (exact) mass is 408 g/mol.